The quantitative estimate of drug-likeness (QED) is 0.217. The number of nitrogens with two attached hydrogens (primary N) is 1. The maximum absolute atomic E-state index is 13.3. The molecule has 0 radical (unpaired) electrons. The number of nitrogens with one attached hydrogen (secondary N) is 1. The maximum Gasteiger partial charge on any atom is 0.283 e. The van der Waals surface area contributed by atoms with Crippen LogP contribution >= 0.6 is 0 Å². The molecule has 0 saturated heterocycles. The number of pyridine rings is 1. The molecule has 0 atom stereocenters. The molecule has 43 heavy (non-hydrogen) atoms. The molecule has 3 N–H and O–H groups in total. The van der Waals surface area contributed by atoms with Crippen LogP contribution in [0.15, 0.2) is 78.4 Å². The molecule has 0 unspecified atom stereocenters. The Balaban J connectivity index is 1.26. The number of aryl methyl sites for hydroxylation is 1. The van der Waals surface area contributed by atoms with E-state index in [4.69, 9.17) is 5.73 Å². The summed E-state index contributed by atoms with van der Waals surface area (Å²) >= 11 is 0. The lowest BCUT2D eigenvalue weighted by Crippen LogP contribution is -2.37. The summed E-state index contributed by atoms with van der Waals surface area (Å²) in [4.78, 5) is 39.3. The first kappa shape index (κ1) is 27.5. The molecule has 0 aliphatic heterocycles. The molecule has 0 spiro atoms. The van der Waals surface area contributed by atoms with Gasteiger partial charge in [0.15, 0.2) is 0 Å². The van der Waals surface area contributed by atoms with Crippen LogP contribution in [0.4, 0.5) is 0 Å². The van der Waals surface area contributed by atoms with E-state index in [-0.39, 0.29) is 5.96 Å². The van der Waals surface area contributed by atoms with Gasteiger partial charge in [-0.25, -0.2) is 14.3 Å². The van der Waals surface area contributed by atoms with Crippen molar-refractivity contribution in [2.75, 3.05) is 0 Å². The standard InChI is InChI=1S/C31H30N10O2/c1-4-8-26-22(17-36-41(26)27-11-6-10-23-20(27)9-7-14-33-23)30(43)38-31(32)37-29(42)21-16-35-40(25(21)5-2)19-12-13-24-28(15-19)39(3)18-34-24/h6-7,9-18H,4-5,8H2,1-3H3,(H3,32,37,38,42,43). The van der Waals surface area contributed by atoms with Crippen LogP contribution in [0.2, 0.25) is 0 Å². The molecule has 4 heterocycles. The number of rotatable bonds is 7. The van der Waals surface area contributed by atoms with Gasteiger partial charge in [0.05, 0.1) is 69.2 Å². The van der Waals surface area contributed by atoms with Crippen molar-refractivity contribution < 1.29 is 9.59 Å². The molecular weight excluding hydrogens is 544 g/mol. The smallest absolute Gasteiger partial charge is 0.283 e. The first-order chi connectivity index (χ1) is 20.9. The minimum atomic E-state index is -0.602. The number of hydrogen-bond acceptors (Lipinski definition) is 6. The highest BCUT2D eigenvalue weighted by Gasteiger charge is 2.22. The third-order valence-corrected chi connectivity index (χ3v) is 7.30. The summed E-state index contributed by atoms with van der Waals surface area (Å²) in [6.45, 7) is 3.96. The average Bonchev–Trinajstić information content (AvgIpc) is 3.73. The molecule has 0 saturated carbocycles. The normalized spacial score (nSPS) is 11.8. The van der Waals surface area contributed by atoms with Crippen LogP contribution < -0.4 is 11.1 Å². The second-order valence-corrected chi connectivity index (χ2v) is 10.1. The van der Waals surface area contributed by atoms with Crippen molar-refractivity contribution in [2.45, 2.75) is 33.1 Å². The van der Waals surface area contributed by atoms with E-state index in [1.54, 1.807) is 21.9 Å². The van der Waals surface area contributed by atoms with E-state index >= 15 is 0 Å². The number of aromatic nitrogens is 7. The molecule has 2 aromatic carbocycles. The van der Waals surface area contributed by atoms with Crippen LogP contribution in [-0.4, -0.2) is 51.9 Å². The van der Waals surface area contributed by atoms with E-state index < -0.39 is 11.8 Å². The fourth-order valence-electron chi connectivity index (χ4n) is 5.26. The number of benzene rings is 2. The van der Waals surface area contributed by atoms with Gasteiger partial charge in [-0.1, -0.05) is 26.3 Å². The van der Waals surface area contributed by atoms with Crippen LogP contribution in [0.1, 0.15) is 52.4 Å². The van der Waals surface area contributed by atoms with Crippen LogP contribution in [0.25, 0.3) is 33.3 Å². The molecule has 0 aliphatic rings. The molecule has 0 aliphatic carbocycles. The summed E-state index contributed by atoms with van der Waals surface area (Å²) in [5, 5.41) is 12.5. The van der Waals surface area contributed by atoms with Crippen LogP contribution in [0.5, 0.6) is 0 Å². The Labute approximate surface area is 246 Å². The number of fused-ring (bicyclic) bond motifs is 2. The van der Waals surface area contributed by atoms with Crippen molar-refractivity contribution in [3.63, 3.8) is 0 Å². The predicted molar refractivity (Wildman–Crippen MR) is 163 cm³/mol. The minimum Gasteiger partial charge on any atom is -0.369 e. The molecular formula is C31H30N10O2. The van der Waals surface area contributed by atoms with Gasteiger partial charge in [-0.2, -0.15) is 15.2 Å². The van der Waals surface area contributed by atoms with Gasteiger partial charge in [0.1, 0.15) is 0 Å². The molecule has 0 fully saturated rings. The number of nitrogens with zero attached hydrogens (tertiary/aromatic N) is 8. The zero-order valence-corrected chi connectivity index (χ0v) is 24.0. The SMILES string of the molecule is CCCc1c(C(=O)NC(N)=NC(=O)c2cnn(-c3ccc4ncn(C)c4c3)c2CC)cnn1-c1cccc2ncccc12. The predicted octanol–water partition coefficient (Wildman–Crippen LogP) is 3.89. The van der Waals surface area contributed by atoms with Crippen molar-refractivity contribution in [1.29, 1.82) is 0 Å². The van der Waals surface area contributed by atoms with Crippen molar-refractivity contribution in [3.05, 3.63) is 96.0 Å². The van der Waals surface area contributed by atoms with Gasteiger partial charge in [0, 0.05) is 18.6 Å². The third kappa shape index (κ3) is 5.03. The fraction of sp³-hybridized carbons (Fsp3) is 0.194. The van der Waals surface area contributed by atoms with E-state index in [0.29, 0.717) is 29.7 Å². The summed E-state index contributed by atoms with van der Waals surface area (Å²) in [5.41, 5.74) is 12.3. The Morgan fingerprint density at radius 3 is 2.56 bits per heavy atom. The highest BCUT2D eigenvalue weighted by Crippen LogP contribution is 2.24. The first-order valence-electron chi connectivity index (χ1n) is 14.0. The molecule has 4 aromatic heterocycles. The van der Waals surface area contributed by atoms with Gasteiger partial charge >= 0.3 is 0 Å². The monoisotopic (exact) mass is 574 g/mol. The Hall–Kier alpha value is -5.65. The van der Waals surface area contributed by atoms with Crippen molar-refractivity contribution in [3.8, 4) is 11.4 Å². The Bertz CT molecular complexity index is 2030. The molecule has 2 amide bonds. The summed E-state index contributed by atoms with van der Waals surface area (Å²) in [7, 11) is 1.92. The van der Waals surface area contributed by atoms with E-state index in [1.807, 2.05) is 74.0 Å². The number of guanidine groups is 1. The number of carbonyl (C=O) groups is 2. The summed E-state index contributed by atoms with van der Waals surface area (Å²) in [6.07, 6.45) is 8.36. The van der Waals surface area contributed by atoms with Gasteiger partial charge < -0.3 is 10.3 Å². The molecule has 6 rings (SSSR count). The number of hydrogen-bond donors (Lipinski definition) is 2. The number of imidazole rings is 1. The minimum absolute atomic E-state index is 0.300. The number of amides is 2. The summed E-state index contributed by atoms with van der Waals surface area (Å²) in [6, 6.07) is 15.4. The Kier molecular flexibility index (Phi) is 7.24. The number of carbonyl (C=O) groups excluding carboxylic acids is 2. The topological polar surface area (TPSA) is 151 Å². The van der Waals surface area contributed by atoms with E-state index in [2.05, 4.69) is 30.5 Å². The molecule has 216 valence electrons. The molecule has 12 heteroatoms. The second kappa shape index (κ2) is 11.3. The zero-order valence-electron chi connectivity index (χ0n) is 24.0. The van der Waals surface area contributed by atoms with Gasteiger partial charge in [0.25, 0.3) is 11.8 Å². The van der Waals surface area contributed by atoms with Crippen molar-refractivity contribution >= 4 is 39.7 Å². The highest BCUT2D eigenvalue weighted by molar-refractivity contribution is 6.10. The summed E-state index contributed by atoms with van der Waals surface area (Å²) < 4.78 is 5.38. The highest BCUT2D eigenvalue weighted by atomic mass is 16.2. The Morgan fingerprint density at radius 2 is 1.74 bits per heavy atom. The third-order valence-electron chi connectivity index (χ3n) is 7.30. The van der Waals surface area contributed by atoms with Gasteiger partial charge in [-0.3, -0.25) is 19.9 Å². The Morgan fingerprint density at radius 1 is 0.930 bits per heavy atom. The zero-order chi connectivity index (χ0) is 30.1. The first-order valence-corrected chi connectivity index (χ1v) is 14.0. The summed E-state index contributed by atoms with van der Waals surface area (Å²) in [5.74, 6) is -1.42. The lowest BCUT2D eigenvalue weighted by Gasteiger charge is -2.11. The largest absolute Gasteiger partial charge is 0.369 e. The average molecular weight is 575 g/mol. The van der Waals surface area contributed by atoms with Crippen LogP contribution in [0.3, 0.4) is 0 Å². The van der Waals surface area contributed by atoms with E-state index in [1.165, 1.54) is 12.4 Å². The molecule has 12 nitrogen and oxygen atoms in total. The van der Waals surface area contributed by atoms with Gasteiger partial charge in [-0.05, 0) is 55.3 Å². The van der Waals surface area contributed by atoms with Gasteiger partial charge in [0.2, 0.25) is 5.96 Å². The molecule has 6 aromatic rings. The van der Waals surface area contributed by atoms with E-state index in [0.717, 1.165) is 45.4 Å². The van der Waals surface area contributed by atoms with Crippen LogP contribution in [0, 0.1) is 0 Å². The van der Waals surface area contributed by atoms with Crippen molar-refractivity contribution in [1.82, 2.24) is 39.4 Å². The van der Waals surface area contributed by atoms with Crippen LogP contribution in [-0.2, 0) is 19.9 Å². The lowest BCUT2D eigenvalue weighted by molar-refractivity contribution is 0.0975. The second-order valence-electron chi connectivity index (χ2n) is 10.1. The maximum atomic E-state index is 13.3. The lowest BCUT2D eigenvalue weighted by atomic mass is 10.1. The number of aliphatic imine (C=N–C) groups is 1. The molecule has 0 bridgehead atoms. The van der Waals surface area contributed by atoms with E-state index in [9.17, 15) is 9.59 Å². The van der Waals surface area contributed by atoms with Crippen molar-refractivity contribution in [2.24, 2.45) is 17.8 Å². The fourth-order valence-corrected chi connectivity index (χ4v) is 5.26. The van der Waals surface area contributed by atoms with Gasteiger partial charge in [-0.15, -0.1) is 0 Å².